The predicted molar refractivity (Wildman–Crippen MR) is 182 cm³/mol. The summed E-state index contributed by atoms with van der Waals surface area (Å²) in [6, 6.07) is 1.75. The number of unbranched alkanes of at least 4 members (excludes halogenated alkanes) is 2. The number of aromatic nitrogens is 2. The second kappa shape index (κ2) is 15.9. The van der Waals surface area contributed by atoms with Crippen molar-refractivity contribution in [1.29, 1.82) is 5.26 Å². The van der Waals surface area contributed by atoms with E-state index in [0.29, 0.717) is 34.2 Å². The Kier molecular flexibility index (Phi) is 12.3. The van der Waals surface area contributed by atoms with Gasteiger partial charge in [0.05, 0.1) is 35.2 Å². The summed E-state index contributed by atoms with van der Waals surface area (Å²) in [5.74, 6) is 0.316. The molecular formula is C33H45F2N6OPS. The Bertz CT molecular complexity index is 1510. The number of nitriles is 1. The summed E-state index contributed by atoms with van der Waals surface area (Å²) in [6.45, 7) is 11.0. The largest absolute Gasteiger partial charge is 0.389 e. The molecule has 3 atom stereocenters. The van der Waals surface area contributed by atoms with Gasteiger partial charge in [0.25, 0.3) is 0 Å². The quantitative estimate of drug-likeness (QED) is 0.190. The lowest BCUT2D eigenvalue weighted by Gasteiger charge is -2.27. The lowest BCUT2D eigenvalue weighted by atomic mass is 9.88. The van der Waals surface area contributed by atoms with E-state index >= 15 is 0 Å². The molecule has 5 heterocycles. The highest BCUT2D eigenvalue weighted by Crippen LogP contribution is 2.46. The summed E-state index contributed by atoms with van der Waals surface area (Å²) in [7, 11) is 2.82. The maximum atomic E-state index is 14.6. The molecule has 3 aliphatic heterocycles. The monoisotopic (exact) mass is 642 g/mol. The molecule has 7 nitrogen and oxygen atoms in total. The summed E-state index contributed by atoms with van der Waals surface area (Å²) < 4.78 is 33.2. The first-order valence-electron chi connectivity index (χ1n) is 15.9. The number of ether oxygens (including phenoxy) is 1. The van der Waals surface area contributed by atoms with Gasteiger partial charge < -0.3 is 20.7 Å². The zero-order valence-electron chi connectivity index (χ0n) is 26.3. The van der Waals surface area contributed by atoms with Gasteiger partial charge in [-0.15, -0.1) is 20.6 Å². The van der Waals surface area contributed by atoms with Gasteiger partial charge in [0.2, 0.25) is 5.95 Å². The number of nitrogens with zero attached hydrogens (tertiary/aromatic N) is 4. The smallest absolute Gasteiger partial charge is 0.225 e. The molecule has 11 heteroatoms. The Balaban J connectivity index is 0.000000317. The lowest BCUT2D eigenvalue weighted by Crippen LogP contribution is -2.28. The third kappa shape index (κ3) is 7.01. The summed E-state index contributed by atoms with van der Waals surface area (Å²) in [5, 5.41) is 15.1. The zero-order valence-corrected chi connectivity index (χ0v) is 28.3. The van der Waals surface area contributed by atoms with Crippen molar-refractivity contribution in [2.24, 2.45) is 0 Å². The Morgan fingerprint density at radius 3 is 2.57 bits per heavy atom. The van der Waals surface area contributed by atoms with Crippen molar-refractivity contribution in [2.75, 3.05) is 23.7 Å². The molecule has 1 aromatic carbocycles. The molecule has 44 heavy (non-hydrogen) atoms. The molecule has 1 fully saturated rings. The van der Waals surface area contributed by atoms with Gasteiger partial charge in [-0.3, -0.25) is 0 Å². The summed E-state index contributed by atoms with van der Waals surface area (Å²) in [6.07, 6.45) is 11.0. The van der Waals surface area contributed by atoms with Crippen molar-refractivity contribution in [1.82, 2.24) is 15.3 Å². The van der Waals surface area contributed by atoms with Gasteiger partial charge >= 0.3 is 0 Å². The molecule has 0 amide bonds. The van der Waals surface area contributed by atoms with E-state index in [2.05, 4.69) is 37.4 Å². The summed E-state index contributed by atoms with van der Waals surface area (Å²) >= 11 is 1.11. The molecule has 0 saturated carbocycles. The molecule has 0 radical (unpaired) electrons. The number of anilines is 2. The number of nitrogen functional groups attached to an aromatic ring is 1. The second-order valence-electron chi connectivity index (χ2n) is 11.1. The van der Waals surface area contributed by atoms with Crippen molar-refractivity contribution in [3.05, 3.63) is 45.1 Å². The molecule has 0 aliphatic carbocycles. The number of alkyl halides is 1. The summed E-state index contributed by atoms with van der Waals surface area (Å²) in [5.41, 5.74) is 10.9. The van der Waals surface area contributed by atoms with Crippen LogP contribution in [0.1, 0.15) is 118 Å². The van der Waals surface area contributed by atoms with Crippen LogP contribution in [0.4, 0.5) is 19.7 Å². The van der Waals surface area contributed by atoms with Crippen LogP contribution in [0.25, 0.3) is 16.7 Å². The Labute approximate surface area is 266 Å². The number of hydrogen-bond donors (Lipinski definition) is 2. The fourth-order valence-corrected chi connectivity index (χ4v) is 7.56. The van der Waals surface area contributed by atoms with Gasteiger partial charge in [0.15, 0.2) is 5.83 Å². The van der Waals surface area contributed by atoms with E-state index in [1.54, 1.807) is 0 Å². The highest BCUT2D eigenvalue weighted by Gasteiger charge is 2.35. The van der Waals surface area contributed by atoms with Crippen LogP contribution in [-0.4, -0.2) is 29.2 Å². The average molecular weight is 643 g/mol. The predicted octanol–water partition coefficient (Wildman–Crippen LogP) is 7.97. The first-order chi connectivity index (χ1) is 21.4. The Morgan fingerprint density at radius 1 is 1.16 bits per heavy atom. The second-order valence-corrected chi connectivity index (χ2v) is 12.7. The van der Waals surface area contributed by atoms with E-state index in [9.17, 15) is 14.0 Å². The first-order valence-corrected chi connectivity index (χ1v) is 17.3. The van der Waals surface area contributed by atoms with Crippen LogP contribution in [0.2, 0.25) is 0 Å². The molecule has 0 bridgehead atoms. The minimum atomic E-state index is -0.531. The van der Waals surface area contributed by atoms with Gasteiger partial charge in [-0.2, -0.15) is 5.26 Å². The van der Waals surface area contributed by atoms with Crippen LogP contribution in [0.3, 0.4) is 0 Å². The first kappa shape index (κ1) is 34.0. The zero-order chi connectivity index (χ0) is 31.8. The topological polar surface area (TPSA) is 100 Å². The highest BCUT2D eigenvalue weighted by atomic mass is 32.1. The van der Waals surface area contributed by atoms with E-state index < -0.39 is 18.0 Å². The SMILES string of the molecule is CC.CCCCCC(F)CCC.N#Cc1c(N)sc2c1C(c1c3c(c4cnc(N5CCCC5)nc4c1P)COC3)NC=C2F. The van der Waals surface area contributed by atoms with Gasteiger partial charge in [-0.05, 0) is 42.4 Å². The fourth-order valence-electron chi connectivity index (χ4n) is 6.03. The van der Waals surface area contributed by atoms with E-state index in [1.807, 2.05) is 27.0 Å². The molecule has 2 aromatic heterocycles. The van der Waals surface area contributed by atoms with Crippen molar-refractivity contribution in [3.63, 3.8) is 0 Å². The number of halogens is 2. The van der Waals surface area contributed by atoms with E-state index in [4.69, 9.17) is 15.5 Å². The van der Waals surface area contributed by atoms with Crippen LogP contribution >= 0.6 is 20.6 Å². The lowest BCUT2D eigenvalue weighted by molar-refractivity contribution is 0.134. The van der Waals surface area contributed by atoms with E-state index in [-0.39, 0.29) is 0 Å². The van der Waals surface area contributed by atoms with Gasteiger partial charge in [0, 0.05) is 41.7 Å². The fraction of sp³-hybridized carbons (Fsp3) is 0.545. The number of rotatable bonds is 8. The van der Waals surface area contributed by atoms with Crippen LogP contribution in [-0.2, 0) is 18.0 Å². The maximum absolute atomic E-state index is 14.6. The minimum Gasteiger partial charge on any atom is -0.389 e. The number of fused-ring (bicyclic) bond motifs is 4. The average Bonchev–Trinajstić information content (AvgIpc) is 3.81. The van der Waals surface area contributed by atoms with Crippen molar-refractivity contribution < 1.29 is 13.5 Å². The maximum Gasteiger partial charge on any atom is 0.225 e. The van der Waals surface area contributed by atoms with Crippen molar-refractivity contribution in [2.45, 2.75) is 104 Å². The number of thiophene rings is 1. The Morgan fingerprint density at radius 2 is 1.89 bits per heavy atom. The molecular weight excluding hydrogens is 597 g/mol. The Hall–Kier alpha value is -2.86. The summed E-state index contributed by atoms with van der Waals surface area (Å²) in [4.78, 5) is 12.2. The minimum absolute atomic E-state index is 0.323. The van der Waals surface area contributed by atoms with E-state index in [0.717, 1.165) is 102 Å². The van der Waals surface area contributed by atoms with Crippen molar-refractivity contribution in [3.8, 4) is 6.07 Å². The molecule has 3 N–H and O–H groups in total. The molecule has 6 rings (SSSR count). The normalized spacial score (nSPS) is 17.4. The molecule has 238 valence electrons. The van der Waals surface area contributed by atoms with Crippen molar-refractivity contribution >= 4 is 53.6 Å². The molecule has 3 aromatic rings. The number of benzene rings is 1. The number of nitrogens with two attached hydrogens (primary N) is 1. The van der Waals surface area contributed by atoms with Crippen LogP contribution in [0.15, 0.2) is 12.4 Å². The molecule has 3 aliphatic rings. The van der Waals surface area contributed by atoms with Gasteiger partial charge in [-0.25, -0.2) is 18.7 Å². The van der Waals surface area contributed by atoms with Gasteiger partial charge in [0.1, 0.15) is 17.2 Å². The molecule has 3 unspecified atom stereocenters. The van der Waals surface area contributed by atoms with E-state index in [1.165, 1.54) is 19.0 Å². The number of hydrogen-bond acceptors (Lipinski definition) is 8. The van der Waals surface area contributed by atoms with Gasteiger partial charge in [-0.1, -0.05) is 53.4 Å². The standard InChI is InChI=1S/C22H20FN6OPS.C9H19F.C2H6/c23-14-7-26-18(16-10(5-24)21(25)32-20(14)16)15-13-9-30-8-12(13)11-6-27-22(28-17(11)19(15)31)29-3-1-2-4-29;1-3-5-6-8-9(10)7-4-2;1-2/h6-7,18,26H,1-4,8-9,25,31H2;9H,3-8H2,1-2H3;1-2H3. The van der Waals surface area contributed by atoms with Crippen LogP contribution in [0.5, 0.6) is 0 Å². The van der Waals surface area contributed by atoms with Crippen LogP contribution in [0, 0.1) is 11.3 Å². The molecule has 1 saturated heterocycles. The highest BCUT2D eigenvalue weighted by molar-refractivity contribution is 7.28. The number of nitrogens with one attached hydrogen (secondary N) is 1. The third-order valence-electron chi connectivity index (χ3n) is 8.20. The van der Waals surface area contributed by atoms with Crippen LogP contribution < -0.4 is 21.3 Å². The third-order valence-corrected chi connectivity index (χ3v) is 9.82. The molecule has 0 spiro atoms.